The van der Waals surface area contributed by atoms with Crippen LogP contribution in [0.25, 0.3) is 0 Å². The molecule has 0 aromatic heterocycles. The summed E-state index contributed by atoms with van der Waals surface area (Å²) in [6, 6.07) is 11.0. The quantitative estimate of drug-likeness (QED) is 0.720. The van der Waals surface area contributed by atoms with E-state index < -0.39 is 22.0 Å². The van der Waals surface area contributed by atoms with Gasteiger partial charge in [-0.1, -0.05) is 43.6 Å². The number of nitrogens with zero attached hydrogens (tertiary/aromatic N) is 1. The first-order valence-corrected chi connectivity index (χ1v) is 11.0. The molecule has 2 rings (SSSR count). The number of carbonyl (C=O) groups excluding carboxylic acids is 1. The predicted molar refractivity (Wildman–Crippen MR) is 114 cm³/mol. The Balaban J connectivity index is 2.44. The Bertz CT molecular complexity index is 960. The normalized spacial score (nSPS) is 12.5. The van der Waals surface area contributed by atoms with Crippen LogP contribution in [0.15, 0.2) is 42.5 Å². The summed E-state index contributed by atoms with van der Waals surface area (Å²) in [6.07, 6.45) is 1.04. The first kappa shape index (κ1) is 22.0. The summed E-state index contributed by atoms with van der Waals surface area (Å²) in [4.78, 5) is 12.9. The zero-order valence-electron chi connectivity index (χ0n) is 16.6. The monoisotopic (exact) mass is 424 g/mol. The number of benzene rings is 2. The molecule has 0 aliphatic rings. The third kappa shape index (κ3) is 4.97. The second kappa shape index (κ2) is 8.84. The number of hydrogen-bond donors (Lipinski definition) is 1. The Morgan fingerprint density at radius 3 is 2.36 bits per heavy atom. The van der Waals surface area contributed by atoms with Crippen molar-refractivity contribution in [2.45, 2.75) is 32.7 Å². The maximum absolute atomic E-state index is 12.9. The molecule has 8 heteroatoms. The molecule has 0 unspecified atom stereocenters. The van der Waals surface area contributed by atoms with Crippen LogP contribution in [-0.2, 0) is 14.8 Å². The van der Waals surface area contributed by atoms with Crippen molar-refractivity contribution >= 4 is 38.9 Å². The van der Waals surface area contributed by atoms with Gasteiger partial charge in [0, 0.05) is 10.7 Å². The fourth-order valence-electron chi connectivity index (χ4n) is 2.97. The Kier molecular flexibility index (Phi) is 6.96. The van der Waals surface area contributed by atoms with Crippen LogP contribution in [0.5, 0.6) is 5.75 Å². The van der Waals surface area contributed by atoms with Crippen LogP contribution in [-0.4, -0.2) is 33.7 Å². The largest absolute Gasteiger partial charge is 0.495 e. The van der Waals surface area contributed by atoms with Gasteiger partial charge in [-0.25, -0.2) is 8.42 Å². The van der Waals surface area contributed by atoms with Crippen molar-refractivity contribution in [3.05, 3.63) is 53.1 Å². The average Bonchev–Trinajstić information content (AvgIpc) is 2.61. The Morgan fingerprint density at radius 1 is 1.14 bits per heavy atom. The number of sulfonamides is 1. The number of rotatable bonds is 7. The summed E-state index contributed by atoms with van der Waals surface area (Å²) >= 11 is 6.06. The average molecular weight is 425 g/mol. The van der Waals surface area contributed by atoms with Crippen LogP contribution in [0.2, 0.25) is 5.02 Å². The van der Waals surface area contributed by atoms with Crippen LogP contribution >= 0.6 is 11.6 Å². The first-order chi connectivity index (χ1) is 13.1. The Morgan fingerprint density at radius 2 is 1.79 bits per heavy atom. The van der Waals surface area contributed by atoms with E-state index in [0.29, 0.717) is 16.5 Å². The van der Waals surface area contributed by atoms with Crippen molar-refractivity contribution in [2.24, 2.45) is 0 Å². The van der Waals surface area contributed by atoms with Crippen molar-refractivity contribution in [2.75, 3.05) is 23.0 Å². The van der Waals surface area contributed by atoms with E-state index >= 15 is 0 Å². The maximum atomic E-state index is 12.9. The topological polar surface area (TPSA) is 75.7 Å². The standard InChI is InChI=1S/C20H25ClN2O4S/c1-13(2)16-8-6-7-9-17(16)22-20(24)14(3)23(28(5,25)26)18-12-15(21)10-11-19(18)27-4/h6-14H,1-5H3,(H,22,24)/t14-/m0/s1. The van der Waals surface area contributed by atoms with Gasteiger partial charge in [-0.15, -0.1) is 0 Å². The minimum Gasteiger partial charge on any atom is -0.495 e. The van der Waals surface area contributed by atoms with Gasteiger partial charge in [-0.05, 0) is 42.7 Å². The SMILES string of the molecule is COc1ccc(Cl)cc1N([C@@H](C)C(=O)Nc1ccccc1C(C)C)S(C)(=O)=O. The molecule has 0 heterocycles. The van der Waals surface area contributed by atoms with E-state index in [1.165, 1.54) is 20.1 Å². The number of hydrogen-bond acceptors (Lipinski definition) is 4. The highest BCUT2D eigenvalue weighted by atomic mass is 35.5. The lowest BCUT2D eigenvalue weighted by Crippen LogP contribution is -2.45. The summed E-state index contributed by atoms with van der Waals surface area (Å²) in [5.41, 5.74) is 1.83. The van der Waals surface area contributed by atoms with Gasteiger partial charge in [-0.3, -0.25) is 9.10 Å². The lowest BCUT2D eigenvalue weighted by atomic mass is 10.0. The number of carbonyl (C=O) groups is 1. The molecular weight excluding hydrogens is 400 g/mol. The zero-order chi connectivity index (χ0) is 21.1. The minimum absolute atomic E-state index is 0.200. The number of ether oxygens (including phenoxy) is 1. The highest BCUT2D eigenvalue weighted by Gasteiger charge is 2.31. The fraction of sp³-hybridized carbons (Fsp3) is 0.350. The molecule has 0 bridgehead atoms. The predicted octanol–water partition coefficient (Wildman–Crippen LogP) is 4.27. The van der Waals surface area contributed by atoms with Gasteiger partial charge in [0.15, 0.2) is 0 Å². The molecule has 6 nitrogen and oxygen atoms in total. The smallest absolute Gasteiger partial charge is 0.248 e. The van der Waals surface area contributed by atoms with Gasteiger partial charge in [0.1, 0.15) is 11.8 Å². The van der Waals surface area contributed by atoms with Gasteiger partial charge in [0.05, 0.1) is 19.1 Å². The number of nitrogens with one attached hydrogen (secondary N) is 1. The Hall–Kier alpha value is -2.25. The first-order valence-electron chi connectivity index (χ1n) is 8.79. The number of amides is 1. The molecule has 1 N–H and O–H groups in total. The van der Waals surface area contributed by atoms with Crippen molar-refractivity contribution in [3.63, 3.8) is 0 Å². The maximum Gasteiger partial charge on any atom is 0.248 e. The molecule has 0 saturated carbocycles. The molecular formula is C20H25ClN2O4S. The number of para-hydroxylation sites is 1. The van der Waals surface area contributed by atoms with Crippen LogP contribution in [0.3, 0.4) is 0 Å². The number of methoxy groups -OCH3 is 1. The second-order valence-electron chi connectivity index (χ2n) is 6.78. The summed E-state index contributed by atoms with van der Waals surface area (Å²) in [5, 5.41) is 3.18. The van der Waals surface area contributed by atoms with E-state index in [4.69, 9.17) is 16.3 Å². The number of anilines is 2. The molecule has 0 radical (unpaired) electrons. The second-order valence-corrected chi connectivity index (χ2v) is 9.08. The summed E-state index contributed by atoms with van der Waals surface area (Å²) < 4.78 is 31.4. The molecule has 1 atom stereocenters. The van der Waals surface area contributed by atoms with E-state index in [1.54, 1.807) is 18.2 Å². The van der Waals surface area contributed by atoms with Crippen LogP contribution in [0, 0.1) is 0 Å². The highest BCUT2D eigenvalue weighted by Crippen LogP contribution is 2.34. The van der Waals surface area contributed by atoms with E-state index in [-0.39, 0.29) is 11.6 Å². The molecule has 0 fully saturated rings. The third-order valence-electron chi connectivity index (χ3n) is 4.31. The third-order valence-corrected chi connectivity index (χ3v) is 5.77. The van der Waals surface area contributed by atoms with Gasteiger partial charge in [-0.2, -0.15) is 0 Å². The molecule has 0 aliphatic carbocycles. The van der Waals surface area contributed by atoms with Gasteiger partial charge < -0.3 is 10.1 Å². The lowest BCUT2D eigenvalue weighted by molar-refractivity contribution is -0.116. The van der Waals surface area contributed by atoms with Crippen molar-refractivity contribution < 1.29 is 17.9 Å². The van der Waals surface area contributed by atoms with Crippen molar-refractivity contribution in [3.8, 4) is 5.75 Å². The molecule has 1 amide bonds. The molecule has 152 valence electrons. The van der Waals surface area contributed by atoms with Crippen LogP contribution in [0.4, 0.5) is 11.4 Å². The highest BCUT2D eigenvalue weighted by molar-refractivity contribution is 7.92. The van der Waals surface area contributed by atoms with E-state index in [1.807, 2.05) is 32.0 Å². The summed E-state index contributed by atoms with van der Waals surface area (Å²) in [6.45, 7) is 5.57. The molecule has 2 aromatic carbocycles. The molecule has 28 heavy (non-hydrogen) atoms. The zero-order valence-corrected chi connectivity index (χ0v) is 18.1. The van der Waals surface area contributed by atoms with Gasteiger partial charge in [0.25, 0.3) is 0 Å². The summed E-state index contributed by atoms with van der Waals surface area (Å²) in [5.74, 6) is 0.0449. The number of halogens is 1. The summed E-state index contributed by atoms with van der Waals surface area (Å²) in [7, 11) is -2.37. The van der Waals surface area contributed by atoms with Crippen LogP contribution in [0.1, 0.15) is 32.3 Å². The lowest BCUT2D eigenvalue weighted by Gasteiger charge is -2.29. The van der Waals surface area contributed by atoms with Gasteiger partial charge >= 0.3 is 0 Å². The van der Waals surface area contributed by atoms with Crippen LogP contribution < -0.4 is 14.4 Å². The van der Waals surface area contributed by atoms with Crippen molar-refractivity contribution in [1.82, 2.24) is 0 Å². The molecule has 0 saturated heterocycles. The Labute approximate surface area is 171 Å². The van der Waals surface area contributed by atoms with Gasteiger partial charge in [0.2, 0.25) is 15.9 Å². The van der Waals surface area contributed by atoms with E-state index in [9.17, 15) is 13.2 Å². The minimum atomic E-state index is -3.80. The molecule has 0 aliphatic heterocycles. The molecule has 2 aromatic rings. The fourth-order valence-corrected chi connectivity index (χ4v) is 4.30. The molecule has 0 spiro atoms. The van der Waals surface area contributed by atoms with E-state index in [2.05, 4.69) is 5.32 Å². The van der Waals surface area contributed by atoms with E-state index in [0.717, 1.165) is 16.1 Å². The van der Waals surface area contributed by atoms with Crippen molar-refractivity contribution in [1.29, 1.82) is 0 Å².